The van der Waals surface area contributed by atoms with Gasteiger partial charge in [-0.1, -0.05) is 65.7 Å². The van der Waals surface area contributed by atoms with Gasteiger partial charge in [0.25, 0.3) is 0 Å². The molecule has 0 aromatic heterocycles. The predicted octanol–water partition coefficient (Wildman–Crippen LogP) is 4.36. The number of unbranched alkanes of at least 4 members (excludes halogenated alkanes) is 6. The molecule has 0 amide bonds. The molecule has 0 heterocycles. The summed E-state index contributed by atoms with van der Waals surface area (Å²) in [6.45, 7) is 9.07. The van der Waals surface area contributed by atoms with E-state index in [2.05, 4.69) is 44.7 Å². The molecule has 2 nitrogen and oxygen atoms in total. The maximum atomic E-state index is 2.47. The van der Waals surface area contributed by atoms with Crippen LogP contribution in [0.15, 0.2) is 0 Å². The number of rotatable bonds is 12. The fourth-order valence-electron chi connectivity index (χ4n) is 2.48. The molecule has 0 saturated carbocycles. The fourth-order valence-corrected chi connectivity index (χ4v) is 2.48. The summed E-state index contributed by atoms with van der Waals surface area (Å²) in [6.07, 6.45) is 11.8. The summed E-state index contributed by atoms with van der Waals surface area (Å²) in [5, 5.41) is 0. The second-order valence-electron chi connectivity index (χ2n) is 5.54. The van der Waals surface area contributed by atoms with Crippen LogP contribution in [0.3, 0.4) is 0 Å². The molecule has 0 fully saturated rings. The minimum atomic E-state index is 0.635. The van der Waals surface area contributed by atoms with E-state index in [1.807, 2.05) is 0 Å². The smallest absolute Gasteiger partial charge is 0.0617 e. The topological polar surface area (TPSA) is 6.48 Å². The van der Waals surface area contributed by atoms with Crippen molar-refractivity contribution < 1.29 is 0 Å². The Morgan fingerprint density at radius 1 is 0.667 bits per heavy atom. The van der Waals surface area contributed by atoms with Gasteiger partial charge in [0.15, 0.2) is 0 Å². The van der Waals surface area contributed by atoms with Crippen molar-refractivity contribution in [2.24, 2.45) is 0 Å². The molecule has 0 aromatic carbocycles. The number of hydrogen-bond acceptors (Lipinski definition) is 2. The van der Waals surface area contributed by atoms with Crippen LogP contribution in [-0.2, 0) is 0 Å². The molecule has 0 aliphatic heterocycles. The van der Waals surface area contributed by atoms with Crippen LogP contribution < -0.4 is 0 Å². The van der Waals surface area contributed by atoms with Crippen molar-refractivity contribution in [3.63, 3.8) is 0 Å². The molecule has 0 aromatic rings. The molecular formula is C16H36N2. The summed E-state index contributed by atoms with van der Waals surface area (Å²) in [7, 11) is 4.50. The Bertz CT molecular complexity index is 160. The van der Waals surface area contributed by atoms with E-state index < -0.39 is 0 Å². The first-order chi connectivity index (χ1) is 8.67. The molecule has 0 unspecified atom stereocenters. The van der Waals surface area contributed by atoms with Gasteiger partial charge >= 0.3 is 0 Å². The van der Waals surface area contributed by atoms with Crippen molar-refractivity contribution in [3.8, 4) is 0 Å². The third-order valence-corrected chi connectivity index (χ3v) is 4.08. The average Bonchev–Trinajstić information content (AvgIpc) is 2.40. The minimum Gasteiger partial charge on any atom is -0.291 e. The lowest BCUT2D eigenvalue weighted by Crippen LogP contribution is -2.44. The van der Waals surface area contributed by atoms with E-state index in [4.69, 9.17) is 0 Å². The van der Waals surface area contributed by atoms with Crippen LogP contribution in [0.5, 0.6) is 0 Å². The molecule has 0 saturated heterocycles. The summed E-state index contributed by atoms with van der Waals surface area (Å²) in [5.41, 5.74) is 0. The van der Waals surface area contributed by atoms with E-state index in [0.717, 1.165) is 13.1 Å². The van der Waals surface area contributed by atoms with Crippen molar-refractivity contribution >= 4 is 0 Å². The Morgan fingerprint density at radius 2 is 1.11 bits per heavy atom. The molecule has 0 N–H and O–H groups in total. The summed E-state index contributed by atoms with van der Waals surface area (Å²) in [5.74, 6) is 0. The molecule has 0 radical (unpaired) electrons. The van der Waals surface area contributed by atoms with E-state index in [-0.39, 0.29) is 0 Å². The minimum absolute atomic E-state index is 0.635. The third kappa shape index (κ3) is 8.10. The molecule has 0 atom stereocenters. The van der Waals surface area contributed by atoms with Crippen molar-refractivity contribution in [2.45, 2.75) is 78.3 Å². The molecular weight excluding hydrogens is 220 g/mol. The summed E-state index contributed by atoms with van der Waals surface area (Å²) in [6, 6.07) is 0. The van der Waals surface area contributed by atoms with E-state index in [0.29, 0.717) is 6.17 Å². The van der Waals surface area contributed by atoms with Crippen molar-refractivity contribution in [1.82, 2.24) is 9.80 Å². The highest BCUT2D eigenvalue weighted by atomic mass is 15.3. The van der Waals surface area contributed by atoms with Crippen LogP contribution in [0.4, 0.5) is 0 Å². The molecule has 18 heavy (non-hydrogen) atoms. The van der Waals surface area contributed by atoms with Crippen LogP contribution in [-0.4, -0.2) is 43.2 Å². The predicted molar refractivity (Wildman–Crippen MR) is 83.0 cm³/mol. The Balaban J connectivity index is 3.70. The monoisotopic (exact) mass is 256 g/mol. The van der Waals surface area contributed by atoms with E-state index in [1.165, 1.54) is 51.4 Å². The highest BCUT2D eigenvalue weighted by Gasteiger charge is 2.16. The zero-order valence-corrected chi connectivity index (χ0v) is 13.5. The molecule has 0 bridgehead atoms. The van der Waals surface area contributed by atoms with Gasteiger partial charge in [-0.2, -0.15) is 0 Å². The van der Waals surface area contributed by atoms with Crippen molar-refractivity contribution in [2.75, 3.05) is 27.2 Å². The standard InChI is InChI=1S/C16H36N2/c1-6-9-10-11-12-13-14-15-16(17(4)7-2)18(5)8-3/h16H,6-15H2,1-5H3. The first-order valence-corrected chi connectivity index (χ1v) is 8.07. The maximum absolute atomic E-state index is 2.47. The van der Waals surface area contributed by atoms with E-state index >= 15 is 0 Å². The largest absolute Gasteiger partial charge is 0.291 e. The lowest BCUT2D eigenvalue weighted by molar-refractivity contribution is 0.0815. The molecule has 0 spiro atoms. The number of nitrogens with zero attached hydrogens (tertiary/aromatic N) is 2. The molecule has 0 rings (SSSR count). The van der Waals surface area contributed by atoms with Gasteiger partial charge in [0.1, 0.15) is 0 Å². The van der Waals surface area contributed by atoms with Gasteiger partial charge in [-0.3, -0.25) is 9.80 Å². The van der Waals surface area contributed by atoms with Gasteiger partial charge in [0.05, 0.1) is 6.17 Å². The SMILES string of the molecule is CCCCCCCCCC(N(C)CC)N(C)CC. The maximum Gasteiger partial charge on any atom is 0.0617 e. The summed E-state index contributed by atoms with van der Waals surface area (Å²) < 4.78 is 0. The Hall–Kier alpha value is -0.0800. The van der Waals surface area contributed by atoms with Crippen LogP contribution in [0.2, 0.25) is 0 Å². The molecule has 0 aliphatic rings. The molecule has 110 valence electrons. The zero-order valence-electron chi connectivity index (χ0n) is 13.5. The van der Waals surface area contributed by atoms with Crippen LogP contribution in [0.25, 0.3) is 0 Å². The van der Waals surface area contributed by atoms with Crippen molar-refractivity contribution in [3.05, 3.63) is 0 Å². The zero-order chi connectivity index (χ0) is 13.8. The second kappa shape index (κ2) is 12.0. The average molecular weight is 256 g/mol. The quantitative estimate of drug-likeness (QED) is 0.378. The third-order valence-electron chi connectivity index (χ3n) is 4.08. The van der Waals surface area contributed by atoms with Gasteiger partial charge in [-0.15, -0.1) is 0 Å². The van der Waals surface area contributed by atoms with E-state index in [9.17, 15) is 0 Å². The highest BCUT2D eigenvalue weighted by Crippen LogP contribution is 2.14. The van der Waals surface area contributed by atoms with Gasteiger partial charge in [-0.25, -0.2) is 0 Å². The highest BCUT2D eigenvalue weighted by molar-refractivity contribution is 4.67. The normalized spacial score (nSPS) is 12.0. The summed E-state index contributed by atoms with van der Waals surface area (Å²) in [4.78, 5) is 4.95. The van der Waals surface area contributed by atoms with Crippen LogP contribution in [0, 0.1) is 0 Å². The lowest BCUT2D eigenvalue weighted by atomic mass is 10.1. The number of hydrogen-bond donors (Lipinski definition) is 0. The first-order valence-electron chi connectivity index (χ1n) is 8.07. The van der Waals surface area contributed by atoms with E-state index in [1.54, 1.807) is 0 Å². The Morgan fingerprint density at radius 3 is 1.56 bits per heavy atom. The second-order valence-corrected chi connectivity index (χ2v) is 5.54. The van der Waals surface area contributed by atoms with Gasteiger partial charge in [0, 0.05) is 0 Å². The van der Waals surface area contributed by atoms with Gasteiger partial charge in [-0.05, 0) is 33.6 Å². The lowest BCUT2D eigenvalue weighted by Gasteiger charge is -2.34. The Labute approximate surface area is 116 Å². The van der Waals surface area contributed by atoms with Gasteiger partial charge in [0.2, 0.25) is 0 Å². The van der Waals surface area contributed by atoms with Crippen LogP contribution in [0.1, 0.15) is 72.1 Å². The molecule has 2 heteroatoms. The first kappa shape index (κ1) is 17.9. The fraction of sp³-hybridized carbons (Fsp3) is 1.00. The molecule has 0 aliphatic carbocycles. The Kier molecular flexibility index (Phi) is 11.9. The van der Waals surface area contributed by atoms with Gasteiger partial charge < -0.3 is 0 Å². The van der Waals surface area contributed by atoms with Crippen molar-refractivity contribution in [1.29, 1.82) is 0 Å². The summed E-state index contributed by atoms with van der Waals surface area (Å²) >= 11 is 0. The van der Waals surface area contributed by atoms with Crippen LogP contribution >= 0.6 is 0 Å².